The molecule has 0 saturated carbocycles. The van der Waals surface area contributed by atoms with Crippen molar-refractivity contribution >= 4 is 9.24 Å². The maximum Gasteiger partial charge on any atom is 0.119 e. The fraction of sp³-hybridized carbons (Fsp3) is 0.333. The van der Waals surface area contributed by atoms with Gasteiger partial charge in [0.1, 0.15) is 12.4 Å². The number of hydrogen-bond donors (Lipinski definition) is 1. The first-order valence-electron chi connectivity index (χ1n) is 3.89. The number of rotatable bonds is 4. The molecule has 0 heterocycles. The Balaban J connectivity index is 2.33. The molecule has 0 spiro atoms. The standard InChI is InChI=1S/C9H13O2P/c10-8(7-12)6-11-9-4-2-1-3-5-9/h1-5,8,10H,6-7,12H2. The molecule has 2 unspecified atom stereocenters. The van der Waals surface area contributed by atoms with Crippen LogP contribution in [0.4, 0.5) is 0 Å². The summed E-state index contributed by atoms with van der Waals surface area (Å²) < 4.78 is 5.30. The number of ether oxygens (including phenoxy) is 1. The van der Waals surface area contributed by atoms with Crippen molar-refractivity contribution < 1.29 is 9.84 Å². The molecule has 1 aromatic carbocycles. The van der Waals surface area contributed by atoms with Crippen LogP contribution in [0.3, 0.4) is 0 Å². The van der Waals surface area contributed by atoms with E-state index in [1.807, 2.05) is 30.3 Å². The highest BCUT2D eigenvalue weighted by Crippen LogP contribution is 2.08. The smallest absolute Gasteiger partial charge is 0.119 e. The summed E-state index contributed by atoms with van der Waals surface area (Å²) in [4.78, 5) is 0. The normalized spacial score (nSPS) is 12.5. The fourth-order valence-electron chi connectivity index (χ4n) is 0.777. The van der Waals surface area contributed by atoms with Gasteiger partial charge >= 0.3 is 0 Å². The molecule has 0 aliphatic carbocycles. The van der Waals surface area contributed by atoms with E-state index < -0.39 is 6.10 Å². The van der Waals surface area contributed by atoms with Gasteiger partial charge in [-0.05, 0) is 18.3 Å². The first kappa shape index (κ1) is 9.50. The van der Waals surface area contributed by atoms with Crippen LogP contribution in [-0.2, 0) is 0 Å². The number of aliphatic hydroxyl groups excluding tert-OH is 1. The molecule has 0 radical (unpaired) electrons. The maximum atomic E-state index is 9.17. The molecule has 0 bridgehead atoms. The molecule has 2 atom stereocenters. The molecule has 66 valence electrons. The van der Waals surface area contributed by atoms with E-state index in [2.05, 4.69) is 9.24 Å². The Morgan fingerprint density at radius 3 is 2.58 bits per heavy atom. The van der Waals surface area contributed by atoms with Crippen molar-refractivity contribution in [3.8, 4) is 5.75 Å². The van der Waals surface area contributed by atoms with Crippen LogP contribution >= 0.6 is 9.24 Å². The van der Waals surface area contributed by atoms with Crippen LogP contribution in [0, 0.1) is 0 Å². The maximum absolute atomic E-state index is 9.17. The number of benzene rings is 1. The molecule has 2 nitrogen and oxygen atoms in total. The predicted octanol–water partition coefficient (Wildman–Crippen LogP) is 1.30. The lowest BCUT2D eigenvalue weighted by atomic mass is 10.3. The first-order chi connectivity index (χ1) is 5.83. The fourth-order valence-corrected chi connectivity index (χ4v) is 0.913. The minimum atomic E-state index is -0.393. The lowest BCUT2D eigenvalue weighted by molar-refractivity contribution is 0.126. The summed E-state index contributed by atoms with van der Waals surface area (Å²) in [6, 6.07) is 9.48. The number of aliphatic hydroxyl groups is 1. The lowest BCUT2D eigenvalue weighted by Gasteiger charge is -2.09. The zero-order chi connectivity index (χ0) is 8.81. The Bertz CT molecular complexity index is 213. The van der Waals surface area contributed by atoms with Gasteiger partial charge in [-0.15, -0.1) is 9.24 Å². The zero-order valence-corrected chi connectivity index (χ0v) is 7.97. The van der Waals surface area contributed by atoms with Crippen molar-refractivity contribution in [1.82, 2.24) is 0 Å². The molecule has 0 fully saturated rings. The highest BCUT2D eigenvalue weighted by atomic mass is 31.0. The Hall–Kier alpha value is -0.590. The Kier molecular flexibility index (Phi) is 4.06. The van der Waals surface area contributed by atoms with Crippen LogP contribution in [0.1, 0.15) is 0 Å². The Labute approximate surface area is 74.8 Å². The minimum Gasteiger partial charge on any atom is -0.491 e. The van der Waals surface area contributed by atoms with Crippen LogP contribution < -0.4 is 4.74 Å². The van der Waals surface area contributed by atoms with Crippen molar-refractivity contribution in [2.24, 2.45) is 0 Å². The molecule has 12 heavy (non-hydrogen) atoms. The second-order valence-corrected chi connectivity index (χ2v) is 2.98. The van der Waals surface area contributed by atoms with Gasteiger partial charge in [-0.1, -0.05) is 18.2 Å². The van der Waals surface area contributed by atoms with E-state index in [-0.39, 0.29) is 0 Å². The average molecular weight is 184 g/mol. The van der Waals surface area contributed by atoms with E-state index in [4.69, 9.17) is 4.74 Å². The van der Waals surface area contributed by atoms with Gasteiger partial charge in [0, 0.05) is 0 Å². The largest absolute Gasteiger partial charge is 0.491 e. The van der Waals surface area contributed by atoms with E-state index in [9.17, 15) is 5.11 Å². The third-order valence-electron chi connectivity index (χ3n) is 1.46. The molecule has 1 N–H and O–H groups in total. The topological polar surface area (TPSA) is 29.5 Å². The van der Waals surface area contributed by atoms with Gasteiger partial charge in [0.15, 0.2) is 0 Å². The van der Waals surface area contributed by atoms with Gasteiger partial charge in [-0.3, -0.25) is 0 Å². The summed E-state index contributed by atoms with van der Waals surface area (Å²) in [5.74, 6) is 0.801. The van der Waals surface area contributed by atoms with Crippen LogP contribution in [0.5, 0.6) is 5.75 Å². The third-order valence-corrected chi connectivity index (χ3v) is 2.00. The molecule has 1 rings (SSSR count). The molecule has 0 saturated heterocycles. The molecule has 0 aliphatic heterocycles. The highest BCUT2D eigenvalue weighted by molar-refractivity contribution is 7.16. The lowest BCUT2D eigenvalue weighted by Crippen LogP contribution is -2.18. The SMILES string of the molecule is OC(CP)COc1ccccc1. The van der Waals surface area contributed by atoms with Crippen LogP contribution in [0.25, 0.3) is 0 Å². The van der Waals surface area contributed by atoms with E-state index in [1.54, 1.807) is 0 Å². The van der Waals surface area contributed by atoms with Crippen molar-refractivity contribution in [2.75, 3.05) is 12.8 Å². The van der Waals surface area contributed by atoms with Crippen molar-refractivity contribution in [3.63, 3.8) is 0 Å². The van der Waals surface area contributed by atoms with Crippen LogP contribution in [0.15, 0.2) is 30.3 Å². The number of para-hydroxylation sites is 1. The van der Waals surface area contributed by atoms with Gasteiger partial charge in [-0.25, -0.2) is 0 Å². The first-order valence-corrected chi connectivity index (χ1v) is 4.70. The van der Waals surface area contributed by atoms with E-state index in [1.165, 1.54) is 0 Å². The van der Waals surface area contributed by atoms with Crippen molar-refractivity contribution in [3.05, 3.63) is 30.3 Å². The quantitative estimate of drug-likeness (QED) is 0.715. The zero-order valence-electron chi connectivity index (χ0n) is 6.81. The highest BCUT2D eigenvalue weighted by Gasteiger charge is 2.00. The number of hydrogen-bond acceptors (Lipinski definition) is 2. The van der Waals surface area contributed by atoms with Crippen LogP contribution in [0.2, 0.25) is 0 Å². The van der Waals surface area contributed by atoms with E-state index in [0.29, 0.717) is 12.8 Å². The summed E-state index contributed by atoms with van der Waals surface area (Å²) >= 11 is 0. The van der Waals surface area contributed by atoms with Crippen LogP contribution in [-0.4, -0.2) is 24.0 Å². The molecule has 0 aromatic heterocycles. The van der Waals surface area contributed by atoms with E-state index in [0.717, 1.165) is 5.75 Å². The molecular formula is C9H13O2P. The third kappa shape index (κ3) is 3.21. The predicted molar refractivity (Wildman–Crippen MR) is 52.5 cm³/mol. The van der Waals surface area contributed by atoms with Crippen molar-refractivity contribution in [2.45, 2.75) is 6.10 Å². The minimum absolute atomic E-state index is 0.355. The summed E-state index contributed by atoms with van der Waals surface area (Å²) in [6.45, 7) is 0.355. The average Bonchev–Trinajstić information content (AvgIpc) is 2.16. The summed E-state index contributed by atoms with van der Waals surface area (Å²) in [5.41, 5.74) is 0. The van der Waals surface area contributed by atoms with Gasteiger partial charge in [0.2, 0.25) is 0 Å². The van der Waals surface area contributed by atoms with Gasteiger partial charge < -0.3 is 9.84 Å². The molecular weight excluding hydrogens is 171 g/mol. The molecule has 1 aromatic rings. The summed E-state index contributed by atoms with van der Waals surface area (Å²) in [7, 11) is 2.48. The van der Waals surface area contributed by atoms with Gasteiger partial charge in [-0.2, -0.15) is 0 Å². The molecule has 3 heteroatoms. The summed E-state index contributed by atoms with van der Waals surface area (Å²) in [5, 5.41) is 9.17. The van der Waals surface area contributed by atoms with E-state index >= 15 is 0 Å². The molecule has 0 amide bonds. The van der Waals surface area contributed by atoms with Gasteiger partial charge in [0.05, 0.1) is 6.10 Å². The Morgan fingerprint density at radius 1 is 1.33 bits per heavy atom. The van der Waals surface area contributed by atoms with Gasteiger partial charge in [0.25, 0.3) is 0 Å². The monoisotopic (exact) mass is 184 g/mol. The Morgan fingerprint density at radius 2 is 2.00 bits per heavy atom. The summed E-state index contributed by atoms with van der Waals surface area (Å²) in [6.07, 6.45) is 0.252. The molecule has 0 aliphatic rings. The second kappa shape index (κ2) is 5.13. The van der Waals surface area contributed by atoms with Crippen molar-refractivity contribution in [1.29, 1.82) is 0 Å². The second-order valence-electron chi connectivity index (χ2n) is 2.51.